The fraction of sp³-hybridized carbons (Fsp3) is 0.800. The summed E-state index contributed by atoms with van der Waals surface area (Å²) in [5.74, 6) is 0.465. The van der Waals surface area contributed by atoms with E-state index >= 15 is 0 Å². The van der Waals surface area contributed by atoms with Crippen LogP contribution >= 0.6 is 0 Å². The molecular formula is C15H22N2O2. The third kappa shape index (κ3) is 2.45. The van der Waals surface area contributed by atoms with Gasteiger partial charge in [-0.3, -0.25) is 9.59 Å². The van der Waals surface area contributed by atoms with Gasteiger partial charge in [-0.1, -0.05) is 20.3 Å². The zero-order valence-corrected chi connectivity index (χ0v) is 11.8. The maximum absolute atomic E-state index is 12.0. The standard InChI is InChI=1S/C15H22N2O2/c1-14(2)7-10(6-11(18)8-14)16-17-13(19)12-9-15(12)4-3-5-15/h12H,3-9H2,1-2H3,(H,17,19)/b16-10+/t12-/m1/s1. The van der Waals surface area contributed by atoms with E-state index in [1.807, 2.05) is 0 Å². The summed E-state index contributed by atoms with van der Waals surface area (Å²) in [7, 11) is 0. The van der Waals surface area contributed by atoms with Crippen LogP contribution in [0.4, 0.5) is 0 Å². The van der Waals surface area contributed by atoms with Crippen LogP contribution in [0.3, 0.4) is 0 Å². The van der Waals surface area contributed by atoms with Gasteiger partial charge in [0.05, 0.1) is 0 Å². The van der Waals surface area contributed by atoms with Crippen molar-refractivity contribution in [2.75, 3.05) is 0 Å². The highest BCUT2D eigenvalue weighted by Crippen LogP contribution is 2.65. The number of hydrogen-bond acceptors (Lipinski definition) is 3. The van der Waals surface area contributed by atoms with Crippen molar-refractivity contribution in [2.45, 2.75) is 58.8 Å². The summed E-state index contributed by atoms with van der Waals surface area (Å²) < 4.78 is 0. The van der Waals surface area contributed by atoms with Crippen molar-refractivity contribution in [1.82, 2.24) is 5.43 Å². The maximum Gasteiger partial charge on any atom is 0.243 e. The summed E-state index contributed by atoms with van der Waals surface area (Å²) >= 11 is 0. The lowest BCUT2D eigenvalue weighted by Crippen LogP contribution is -2.32. The molecule has 0 saturated heterocycles. The van der Waals surface area contributed by atoms with Crippen LogP contribution in [0.15, 0.2) is 5.10 Å². The normalized spacial score (nSPS) is 33.1. The third-order valence-electron chi connectivity index (χ3n) is 4.94. The first-order valence-electron chi connectivity index (χ1n) is 7.27. The minimum Gasteiger partial charge on any atom is -0.299 e. The molecule has 3 rings (SSSR count). The van der Waals surface area contributed by atoms with Crippen molar-refractivity contribution in [3.8, 4) is 0 Å². The molecule has 1 N–H and O–H groups in total. The molecule has 3 fully saturated rings. The second kappa shape index (κ2) is 4.15. The minimum atomic E-state index is -0.0202. The van der Waals surface area contributed by atoms with Crippen LogP contribution in [0.5, 0.6) is 0 Å². The quantitative estimate of drug-likeness (QED) is 0.777. The molecule has 3 aliphatic rings. The lowest BCUT2D eigenvalue weighted by Gasteiger charge is -2.29. The first-order chi connectivity index (χ1) is 8.90. The second-order valence-electron chi connectivity index (χ2n) is 7.36. The summed E-state index contributed by atoms with van der Waals surface area (Å²) in [5, 5.41) is 4.21. The Morgan fingerprint density at radius 1 is 1.32 bits per heavy atom. The molecule has 0 unspecified atom stereocenters. The van der Waals surface area contributed by atoms with Crippen molar-refractivity contribution in [3.63, 3.8) is 0 Å². The van der Waals surface area contributed by atoms with Gasteiger partial charge < -0.3 is 0 Å². The number of hydrazone groups is 1. The first kappa shape index (κ1) is 12.8. The van der Waals surface area contributed by atoms with Gasteiger partial charge in [-0.2, -0.15) is 5.10 Å². The van der Waals surface area contributed by atoms with Crippen molar-refractivity contribution in [1.29, 1.82) is 0 Å². The second-order valence-corrected chi connectivity index (χ2v) is 7.36. The van der Waals surface area contributed by atoms with Crippen molar-refractivity contribution in [2.24, 2.45) is 21.8 Å². The molecule has 0 heterocycles. The van der Waals surface area contributed by atoms with Crippen LogP contribution in [0.25, 0.3) is 0 Å². The Morgan fingerprint density at radius 2 is 2.05 bits per heavy atom. The monoisotopic (exact) mass is 262 g/mol. The molecule has 0 aromatic heterocycles. The molecule has 4 nitrogen and oxygen atoms in total. The van der Waals surface area contributed by atoms with E-state index in [-0.39, 0.29) is 23.0 Å². The number of amides is 1. The zero-order valence-electron chi connectivity index (χ0n) is 11.8. The molecule has 1 atom stereocenters. The topological polar surface area (TPSA) is 58.5 Å². The van der Waals surface area contributed by atoms with E-state index < -0.39 is 0 Å². The smallest absolute Gasteiger partial charge is 0.243 e. The number of Topliss-reactive ketones (excluding diaryl/α,β-unsaturated/α-hetero) is 1. The van der Waals surface area contributed by atoms with Gasteiger partial charge in [-0.05, 0) is 36.5 Å². The maximum atomic E-state index is 12.0. The molecule has 0 radical (unpaired) electrons. The highest BCUT2D eigenvalue weighted by atomic mass is 16.2. The van der Waals surface area contributed by atoms with Gasteiger partial charge in [0.15, 0.2) is 0 Å². The first-order valence-corrected chi connectivity index (χ1v) is 7.27. The van der Waals surface area contributed by atoms with Crippen LogP contribution in [-0.2, 0) is 9.59 Å². The van der Waals surface area contributed by atoms with Crippen molar-refractivity contribution < 1.29 is 9.59 Å². The van der Waals surface area contributed by atoms with E-state index in [1.165, 1.54) is 19.3 Å². The van der Waals surface area contributed by atoms with E-state index in [1.54, 1.807) is 0 Å². The van der Waals surface area contributed by atoms with E-state index in [0.717, 1.165) is 18.6 Å². The van der Waals surface area contributed by atoms with E-state index in [4.69, 9.17) is 0 Å². The van der Waals surface area contributed by atoms with Crippen LogP contribution in [0.1, 0.15) is 58.8 Å². The number of carbonyl (C=O) groups is 2. The molecular weight excluding hydrogens is 240 g/mol. The summed E-state index contributed by atoms with van der Waals surface area (Å²) in [6.45, 7) is 4.15. The lowest BCUT2D eigenvalue weighted by atomic mass is 9.76. The van der Waals surface area contributed by atoms with Crippen LogP contribution in [0, 0.1) is 16.7 Å². The van der Waals surface area contributed by atoms with Gasteiger partial charge in [0.2, 0.25) is 5.91 Å². The summed E-state index contributed by atoms with van der Waals surface area (Å²) in [6.07, 6.45) is 6.52. The Labute approximate surface area is 114 Å². The average Bonchev–Trinajstić information content (AvgIpc) is 2.98. The van der Waals surface area contributed by atoms with E-state index in [2.05, 4.69) is 24.4 Å². The number of hydrogen-bond donors (Lipinski definition) is 1. The molecule has 104 valence electrons. The number of carbonyl (C=O) groups excluding carboxylic acids is 2. The molecule has 1 amide bonds. The van der Waals surface area contributed by atoms with Gasteiger partial charge in [-0.25, -0.2) is 5.43 Å². The number of rotatable bonds is 2. The predicted octanol–water partition coefficient (Wildman–Crippen LogP) is 2.43. The SMILES string of the molecule is CC1(C)CC(=O)C/C(=N\NC(=O)[C@H]2CC23CCC3)C1. The molecule has 0 aromatic rings. The minimum absolute atomic E-state index is 0.0202. The zero-order chi connectivity index (χ0) is 13.7. The summed E-state index contributed by atoms with van der Waals surface area (Å²) in [5.41, 5.74) is 3.84. The summed E-state index contributed by atoms with van der Waals surface area (Å²) in [4.78, 5) is 23.6. The Kier molecular flexibility index (Phi) is 2.80. The van der Waals surface area contributed by atoms with Gasteiger partial charge >= 0.3 is 0 Å². The highest BCUT2D eigenvalue weighted by molar-refractivity contribution is 6.05. The Hall–Kier alpha value is -1.19. The Morgan fingerprint density at radius 3 is 2.58 bits per heavy atom. The number of nitrogens with zero attached hydrogens (tertiary/aromatic N) is 1. The fourth-order valence-corrected chi connectivity index (χ4v) is 3.69. The molecule has 4 heteroatoms. The molecule has 0 aromatic carbocycles. The van der Waals surface area contributed by atoms with Crippen LogP contribution in [0.2, 0.25) is 0 Å². The molecule has 0 bridgehead atoms. The molecule has 3 saturated carbocycles. The van der Waals surface area contributed by atoms with Gasteiger partial charge in [0, 0.05) is 24.5 Å². The van der Waals surface area contributed by atoms with E-state index in [9.17, 15) is 9.59 Å². The Balaban J connectivity index is 1.57. The Bertz CT molecular complexity index is 461. The van der Waals surface area contributed by atoms with Crippen LogP contribution < -0.4 is 5.43 Å². The molecule has 1 spiro atoms. The molecule has 19 heavy (non-hydrogen) atoms. The highest BCUT2D eigenvalue weighted by Gasteiger charge is 2.60. The predicted molar refractivity (Wildman–Crippen MR) is 72.6 cm³/mol. The van der Waals surface area contributed by atoms with Gasteiger partial charge in [0.25, 0.3) is 0 Å². The fourth-order valence-electron chi connectivity index (χ4n) is 3.69. The molecule has 0 aliphatic heterocycles. The summed E-state index contributed by atoms with van der Waals surface area (Å²) in [6, 6.07) is 0. The van der Waals surface area contributed by atoms with Crippen molar-refractivity contribution >= 4 is 17.4 Å². The van der Waals surface area contributed by atoms with Crippen LogP contribution in [-0.4, -0.2) is 17.4 Å². The lowest BCUT2D eigenvalue weighted by molar-refractivity contribution is -0.124. The number of ketones is 1. The van der Waals surface area contributed by atoms with Gasteiger partial charge in [0.1, 0.15) is 5.78 Å². The third-order valence-corrected chi connectivity index (χ3v) is 4.94. The average molecular weight is 262 g/mol. The van der Waals surface area contributed by atoms with Crippen molar-refractivity contribution in [3.05, 3.63) is 0 Å². The molecule has 3 aliphatic carbocycles. The van der Waals surface area contributed by atoms with E-state index in [0.29, 0.717) is 18.3 Å². The largest absolute Gasteiger partial charge is 0.299 e. The van der Waals surface area contributed by atoms with Gasteiger partial charge in [-0.15, -0.1) is 0 Å². The number of nitrogens with one attached hydrogen (secondary N) is 1.